The summed E-state index contributed by atoms with van der Waals surface area (Å²) in [5.41, 5.74) is -0.518. The van der Waals surface area contributed by atoms with Crippen LogP contribution in [0.25, 0.3) is 0 Å². The van der Waals surface area contributed by atoms with E-state index in [0.29, 0.717) is 29.6 Å². The molecular weight excluding hydrogens is 419 g/mol. The van der Waals surface area contributed by atoms with Crippen molar-refractivity contribution in [3.63, 3.8) is 0 Å². The molecule has 1 aromatic carbocycles. The van der Waals surface area contributed by atoms with Crippen LogP contribution in [0.2, 0.25) is 5.15 Å². The number of alkyl halides is 3. The lowest BCUT2D eigenvalue weighted by molar-refractivity contribution is -0.137. The molecule has 0 bridgehead atoms. The maximum atomic E-state index is 13.3. The van der Waals surface area contributed by atoms with Gasteiger partial charge in [-0.05, 0) is 44.2 Å². The Bertz CT molecular complexity index is 974. The third-order valence-electron chi connectivity index (χ3n) is 4.99. The molecule has 2 heterocycles. The van der Waals surface area contributed by atoms with Crippen molar-refractivity contribution in [2.75, 3.05) is 23.3 Å². The van der Waals surface area contributed by atoms with Crippen LogP contribution in [0, 0.1) is 11.3 Å². The van der Waals surface area contributed by atoms with Gasteiger partial charge in [0.15, 0.2) is 0 Å². The second-order valence-electron chi connectivity index (χ2n) is 7.14. The molecule has 1 aromatic heterocycles. The Labute approximate surface area is 176 Å². The second kappa shape index (κ2) is 8.40. The highest BCUT2D eigenvalue weighted by atomic mass is 35.5. The number of nitriles is 1. The van der Waals surface area contributed by atoms with E-state index in [9.17, 15) is 18.0 Å². The molecule has 0 radical (unpaired) electrons. The van der Waals surface area contributed by atoms with Crippen LogP contribution in [-0.4, -0.2) is 41.1 Å². The summed E-state index contributed by atoms with van der Waals surface area (Å²) in [4.78, 5) is 20.0. The third-order valence-corrected chi connectivity index (χ3v) is 5.21. The Hall–Kier alpha value is -2.99. The molecule has 2 aromatic rings. The van der Waals surface area contributed by atoms with Crippen molar-refractivity contribution in [2.45, 2.75) is 32.1 Å². The molecule has 10 heteroatoms. The topological polar surface area (TPSA) is 72.3 Å². The molecule has 1 N–H and O–H groups in total. The van der Waals surface area contributed by atoms with Gasteiger partial charge in [0.05, 0.1) is 29.1 Å². The first-order valence-corrected chi connectivity index (χ1v) is 9.55. The number of urea groups is 1. The summed E-state index contributed by atoms with van der Waals surface area (Å²) < 4.78 is 39.9. The van der Waals surface area contributed by atoms with Crippen LogP contribution in [0.3, 0.4) is 0 Å². The number of hydrogen-bond acceptors (Lipinski definition) is 4. The van der Waals surface area contributed by atoms with Crippen molar-refractivity contribution < 1.29 is 18.0 Å². The number of nitrogens with zero attached hydrogens (tertiary/aromatic N) is 4. The Morgan fingerprint density at radius 2 is 1.97 bits per heavy atom. The Balaban J connectivity index is 1.77. The van der Waals surface area contributed by atoms with Gasteiger partial charge in [-0.1, -0.05) is 11.6 Å². The minimum Gasteiger partial charge on any atom is -0.365 e. The maximum Gasteiger partial charge on any atom is 0.417 e. The van der Waals surface area contributed by atoms with Gasteiger partial charge in [0.25, 0.3) is 0 Å². The van der Waals surface area contributed by atoms with Crippen molar-refractivity contribution >= 4 is 29.0 Å². The minimum absolute atomic E-state index is 0.232. The molecule has 0 spiro atoms. The summed E-state index contributed by atoms with van der Waals surface area (Å²) in [7, 11) is 0. The molecule has 2 atom stereocenters. The number of carbonyl (C=O) groups is 1. The van der Waals surface area contributed by atoms with Crippen LogP contribution in [0.1, 0.15) is 25.0 Å². The van der Waals surface area contributed by atoms with E-state index in [4.69, 9.17) is 16.9 Å². The summed E-state index contributed by atoms with van der Waals surface area (Å²) in [6.45, 7) is 4.32. The normalized spacial score (nSPS) is 19.4. The number of hydrogen-bond donors (Lipinski definition) is 1. The van der Waals surface area contributed by atoms with Crippen LogP contribution in [0.15, 0.2) is 36.5 Å². The van der Waals surface area contributed by atoms with Gasteiger partial charge in [0.1, 0.15) is 5.15 Å². The number of benzene rings is 1. The standard InChI is InChI=1S/C20H19ClF3N5O/c1-12-11-29(19(30)27-15-4-6-18(21)26-9-15)13(2)10-28(12)16-5-3-14(8-25)17(7-16)20(22,23)24/h3-7,9,12-13H,10-11H2,1-2H3,(H,27,30)/t12-,13+/m0/s1. The number of nitrogens with one attached hydrogen (secondary N) is 1. The SMILES string of the molecule is C[C@@H]1CN(c2ccc(C#N)c(C(F)(F)F)c2)[C@@H](C)CN1C(=O)Nc1ccc(Cl)nc1. The number of carbonyl (C=O) groups excluding carboxylic acids is 1. The molecule has 0 aliphatic carbocycles. The van der Waals surface area contributed by atoms with Crippen LogP contribution in [-0.2, 0) is 6.18 Å². The number of aromatic nitrogens is 1. The lowest BCUT2D eigenvalue weighted by Gasteiger charge is -2.45. The van der Waals surface area contributed by atoms with E-state index < -0.39 is 17.3 Å². The first kappa shape index (κ1) is 21.7. The molecule has 158 valence electrons. The molecule has 0 unspecified atom stereocenters. The third kappa shape index (κ3) is 4.60. The average molecular weight is 438 g/mol. The number of rotatable bonds is 2. The van der Waals surface area contributed by atoms with Crippen molar-refractivity contribution in [3.05, 3.63) is 52.8 Å². The zero-order chi connectivity index (χ0) is 22.1. The zero-order valence-corrected chi connectivity index (χ0v) is 17.0. The van der Waals surface area contributed by atoms with Gasteiger partial charge in [-0.3, -0.25) is 0 Å². The molecule has 2 amide bonds. The van der Waals surface area contributed by atoms with Gasteiger partial charge in [0.2, 0.25) is 0 Å². The van der Waals surface area contributed by atoms with Crippen molar-refractivity contribution in [2.24, 2.45) is 0 Å². The molecule has 1 aliphatic heterocycles. The predicted molar refractivity (Wildman–Crippen MR) is 107 cm³/mol. The molecular formula is C20H19ClF3N5O. The Morgan fingerprint density at radius 3 is 2.57 bits per heavy atom. The number of amides is 2. The summed E-state index contributed by atoms with van der Waals surface area (Å²) in [5.74, 6) is 0. The fraction of sp³-hybridized carbons (Fsp3) is 0.350. The van der Waals surface area contributed by atoms with Crippen molar-refractivity contribution in [1.82, 2.24) is 9.88 Å². The monoisotopic (exact) mass is 437 g/mol. The quantitative estimate of drug-likeness (QED) is 0.688. The highest BCUT2D eigenvalue weighted by molar-refractivity contribution is 6.29. The van der Waals surface area contributed by atoms with E-state index in [0.717, 1.165) is 6.07 Å². The van der Waals surface area contributed by atoms with Gasteiger partial charge in [-0.15, -0.1) is 0 Å². The molecule has 1 aliphatic rings. The number of anilines is 2. The van der Waals surface area contributed by atoms with Crippen LogP contribution >= 0.6 is 11.6 Å². The largest absolute Gasteiger partial charge is 0.417 e. The highest BCUT2D eigenvalue weighted by Crippen LogP contribution is 2.35. The molecule has 30 heavy (non-hydrogen) atoms. The summed E-state index contributed by atoms with van der Waals surface area (Å²) in [6, 6.07) is 7.65. The van der Waals surface area contributed by atoms with E-state index in [1.807, 2.05) is 18.7 Å². The van der Waals surface area contributed by atoms with E-state index >= 15 is 0 Å². The summed E-state index contributed by atoms with van der Waals surface area (Å²) in [5, 5.41) is 12.0. The zero-order valence-electron chi connectivity index (χ0n) is 16.2. The van der Waals surface area contributed by atoms with Gasteiger partial charge in [0, 0.05) is 30.9 Å². The van der Waals surface area contributed by atoms with Crippen LogP contribution in [0.5, 0.6) is 0 Å². The number of halogens is 4. The smallest absolute Gasteiger partial charge is 0.365 e. The maximum absolute atomic E-state index is 13.3. The van der Waals surface area contributed by atoms with Crippen molar-refractivity contribution in [3.8, 4) is 6.07 Å². The van der Waals surface area contributed by atoms with Gasteiger partial charge >= 0.3 is 12.2 Å². The highest BCUT2D eigenvalue weighted by Gasteiger charge is 2.36. The first-order valence-electron chi connectivity index (χ1n) is 9.17. The van der Waals surface area contributed by atoms with E-state index in [2.05, 4.69) is 10.3 Å². The van der Waals surface area contributed by atoms with Gasteiger partial charge in [-0.2, -0.15) is 18.4 Å². The predicted octanol–water partition coefficient (Wildman–Crippen LogP) is 4.76. The Kier molecular flexibility index (Phi) is 6.08. The first-order chi connectivity index (χ1) is 14.1. The molecule has 3 rings (SSSR count). The van der Waals surface area contributed by atoms with E-state index in [1.165, 1.54) is 18.3 Å². The Morgan fingerprint density at radius 1 is 1.23 bits per heavy atom. The second-order valence-corrected chi connectivity index (χ2v) is 7.53. The number of pyridine rings is 1. The summed E-state index contributed by atoms with van der Waals surface area (Å²) >= 11 is 5.74. The number of piperazine rings is 1. The van der Waals surface area contributed by atoms with Crippen LogP contribution < -0.4 is 10.2 Å². The lowest BCUT2D eigenvalue weighted by atomic mass is 10.0. The lowest BCUT2D eigenvalue weighted by Crippen LogP contribution is -2.59. The fourth-order valence-corrected chi connectivity index (χ4v) is 3.57. The molecule has 1 fully saturated rings. The van der Waals surface area contributed by atoms with Gasteiger partial charge in [-0.25, -0.2) is 9.78 Å². The summed E-state index contributed by atoms with van der Waals surface area (Å²) in [6.07, 6.45) is -3.18. The fourth-order valence-electron chi connectivity index (χ4n) is 3.46. The molecule has 1 saturated heterocycles. The van der Waals surface area contributed by atoms with E-state index in [-0.39, 0.29) is 18.1 Å². The van der Waals surface area contributed by atoms with Crippen LogP contribution in [0.4, 0.5) is 29.3 Å². The van der Waals surface area contributed by atoms with E-state index in [1.54, 1.807) is 23.1 Å². The molecule has 6 nitrogen and oxygen atoms in total. The molecule has 0 saturated carbocycles. The average Bonchev–Trinajstić information content (AvgIpc) is 2.70. The minimum atomic E-state index is -4.62. The van der Waals surface area contributed by atoms with Gasteiger partial charge < -0.3 is 15.1 Å². The van der Waals surface area contributed by atoms with Crippen molar-refractivity contribution in [1.29, 1.82) is 5.26 Å².